The number of hydrogen-bond donors (Lipinski definition) is 1. The summed E-state index contributed by atoms with van der Waals surface area (Å²) in [5, 5.41) is 11.0. The molecule has 0 aromatic rings. The van der Waals surface area contributed by atoms with Gasteiger partial charge in [0.05, 0.1) is 19.3 Å². The Morgan fingerprint density at radius 3 is 2.29 bits per heavy atom. The molecule has 3 heteroatoms. The zero-order valence-corrected chi connectivity index (χ0v) is 25.8. The lowest BCUT2D eigenvalue weighted by Gasteiger charge is -2.73. The number of fused-ring (bicyclic) bond motifs is 7. The van der Waals surface area contributed by atoms with Gasteiger partial charge in [-0.25, -0.2) is 0 Å². The first-order valence-electron chi connectivity index (χ1n) is 16.5. The van der Waals surface area contributed by atoms with Crippen LogP contribution in [0, 0.1) is 56.7 Å². The molecule has 0 unspecified atom stereocenters. The highest BCUT2D eigenvalue weighted by molar-refractivity contribution is 5.21. The van der Waals surface area contributed by atoms with E-state index in [-0.39, 0.29) is 11.5 Å². The van der Waals surface area contributed by atoms with Gasteiger partial charge in [0.25, 0.3) is 0 Å². The Morgan fingerprint density at radius 1 is 0.842 bits per heavy atom. The quantitative estimate of drug-likeness (QED) is 0.381. The van der Waals surface area contributed by atoms with Crippen molar-refractivity contribution in [1.82, 2.24) is 4.90 Å². The van der Waals surface area contributed by atoms with Crippen LogP contribution in [0.25, 0.3) is 0 Å². The van der Waals surface area contributed by atoms with Gasteiger partial charge >= 0.3 is 0 Å². The average molecular weight is 526 g/mol. The molecule has 3 nitrogen and oxygen atoms in total. The van der Waals surface area contributed by atoms with Gasteiger partial charge in [0.2, 0.25) is 0 Å². The molecule has 1 heterocycles. The highest BCUT2D eigenvalue weighted by Gasteiger charge is 2.70. The van der Waals surface area contributed by atoms with E-state index in [1.54, 1.807) is 0 Å². The second kappa shape index (κ2) is 9.32. The number of nitrogens with zero attached hydrogens (tertiary/aromatic N) is 1. The molecule has 216 valence electrons. The molecule has 1 aliphatic heterocycles. The van der Waals surface area contributed by atoms with Crippen molar-refractivity contribution in [2.45, 2.75) is 118 Å². The number of aliphatic hydroxyl groups is 1. The number of ether oxygens (including phenoxy) is 1. The van der Waals surface area contributed by atoms with E-state index >= 15 is 0 Å². The Bertz CT molecular complexity index is 923. The van der Waals surface area contributed by atoms with Gasteiger partial charge < -0.3 is 9.84 Å². The van der Waals surface area contributed by atoms with Crippen LogP contribution in [0.1, 0.15) is 112 Å². The Labute approximate surface area is 234 Å². The van der Waals surface area contributed by atoms with Crippen molar-refractivity contribution in [2.24, 2.45) is 56.7 Å². The van der Waals surface area contributed by atoms with Crippen LogP contribution in [0.4, 0.5) is 0 Å². The van der Waals surface area contributed by atoms with Crippen molar-refractivity contribution in [1.29, 1.82) is 0 Å². The lowest BCUT2D eigenvalue weighted by atomic mass is 9.32. The molecule has 0 aromatic heterocycles. The number of aliphatic hydroxyl groups excluding tert-OH is 1. The summed E-state index contributed by atoms with van der Waals surface area (Å²) in [6, 6.07) is 0. The van der Waals surface area contributed by atoms with Gasteiger partial charge in [0.1, 0.15) is 0 Å². The number of hydrogen-bond acceptors (Lipinski definition) is 3. The number of allylic oxidation sites excluding steroid dienone is 1. The van der Waals surface area contributed by atoms with Gasteiger partial charge in [-0.15, -0.1) is 0 Å². The first kappa shape index (κ1) is 27.8. The molecule has 0 aromatic carbocycles. The highest BCUT2D eigenvalue weighted by Crippen LogP contribution is 2.77. The van der Waals surface area contributed by atoms with Crippen molar-refractivity contribution in [3.8, 4) is 0 Å². The summed E-state index contributed by atoms with van der Waals surface area (Å²) in [5.41, 5.74) is 3.25. The molecular formula is C35H59NO2. The standard InChI is InChI=1S/C35H59NO2/c1-24(2)25-10-15-35(18-19-36-20-22-38-23-21-36)17-16-33(6)26(30(25)35)8-9-28-32(5)13-12-29(37)31(3,4)27(32)11-14-34(28,33)7/h25-30,37H,1,8-23H2,2-7H3/t25-,26+,27-,28+,29-,30+,32-,33+,34+,35+/m0/s1. The van der Waals surface area contributed by atoms with Gasteiger partial charge in [0.15, 0.2) is 0 Å². The zero-order valence-electron chi connectivity index (χ0n) is 25.8. The summed E-state index contributed by atoms with van der Waals surface area (Å²) in [6.07, 6.45) is 14.7. The summed E-state index contributed by atoms with van der Waals surface area (Å²) >= 11 is 0. The summed E-state index contributed by atoms with van der Waals surface area (Å²) in [6.45, 7) is 25.3. The molecule has 38 heavy (non-hydrogen) atoms. The molecular weight excluding hydrogens is 466 g/mol. The first-order valence-corrected chi connectivity index (χ1v) is 16.5. The maximum absolute atomic E-state index is 11.0. The van der Waals surface area contributed by atoms with Crippen LogP contribution in [-0.2, 0) is 4.74 Å². The Kier molecular flexibility index (Phi) is 6.81. The summed E-state index contributed by atoms with van der Waals surface area (Å²) < 4.78 is 5.67. The van der Waals surface area contributed by atoms with Gasteiger partial charge in [-0.1, -0.05) is 46.8 Å². The smallest absolute Gasteiger partial charge is 0.0594 e. The van der Waals surface area contributed by atoms with E-state index in [1.165, 1.54) is 76.3 Å². The van der Waals surface area contributed by atoms with Gasteiger partial charge in [-0.05, 0) is 141 Å². The van der Waals surface area contributed by atoms with E-state index in [0.717, 1.165) is 56.4 Å². The molecule has 1 saturated heterocycles. The van der Waals surface area contributed by atoms with Crippen molar-refractivity contribution < 1.29 is 9.84 Å². The number of rotatable bonds is 4. The molecule has 5 aliphatic carbocycles. The van der Waals surface area contributed by atoms with Crippen molar-refractivity contribution in [3.05, 3.63) is 12.2 Å². The SMILES string of the molecule is C=C(C)[C@@H]1CC[C@]2(CCN3CCOCC3)CC[C@]3(C)[C@H](CC[C@@H]4[C@@]5(C)CC[C@H](O)C(C)(C)[C@@H]5CC[C@]43C)[C@@H]12. The molecule has 0 radical (unpaired) electrons. The lowest BCUT2D eigenvalue weighted by molar-refractivity contribution is -0.248. The van der Waals surface area contributed by atoms with Crippen LogP contribution in [0.3, 0.4) is 0 Å². The molecule has 0 amide bonds. The molecule has 6 rings (SSSR count). The fourth-order valence-electron chi connectivity index (χ4n) is 12.9. The molecule has 1 N–H and O–H groups in total. The monoisotopic (exact) mass is 525 g/mol. The van der Waals surface area contributed by atoms with Gasteiger partial charge in [-0.3, -0.25) is 4.90 Å². The maximum Gasteiger partial charge on any atom is 0.0594 e. The normalized spacial score (nSPS) is 52.4. The van der Waals surface area contributed by atoms with Crippen LogP contribution in [0.5, 0.6) is 0 Å². The summed E-state index contributed by atoms with van der Waals surface area (Å²) in [7, 11) is 0. The third kappa shape index (κ3) is 3.76. The van der Waals surface area contributed by atoms with Crippen molar-refractivity contribution in [3.63, 3.8) is 0 Å². The topological polar surface area (TPSA) is 32.7 Å². The van der Waals surface area contributed by atoms with E-state index in [0.29, 0.717) is 27.6 Å². The van der Waals surface area contributed by atoms with E-state index < -0.39 is 0 Å². The lowest BCUT2D eigenvalue weighted by Crippen LogP contribution is -2.66. The Balaban J connectivity index is 1.32. The van der Waals surface area contributed by atoms with E-state index in [1.807, 2.05) is 0 Å². The minimum Gasteiger partial charge on any atom is -0.393 e. The maximum atomic E-state index is 11.0. The molecule has 6 fully saturated rings. The Hall–Kier alpha value is -0.380. The van der Waals surface area contributed by atoms with E-state index in [4.69, 9.17) is 4.74 Å². The predicted octanol–water partition coefficient (Wildman–Crippen LogP) is 7.73. The minimum absolute atomic E-state index is 0.0454. The summed E-state index contributed by atoms with van der Waals surface area (Å²) in [5.74, 6) is 3.84. The Morgan fingerprint density at radius 2 is 1.58 bits per heavy atom. The average Bonchev–Trinajstić information content (AvgIpc) is 3.27. The minimum atomic E-state index is -0.131. The molecule has 0 spiro atoms. The molecule has 10 atom stereocenters. The van der Waals surface area contributed by atoms with Crippen molar-refractivity contribution >= 4 is 0 Å². The first-order chi connectivity index (χ1) is 17.9. The second-order valence-corrected chi connectivity index (χ2v) is 16.6. The zero-order chi connectivity index (χ0) is 27.1. The van der Waals surface area contributed by atoms with Crippen LogP contribution in [0.2, 0.25) is 0 Å². The summed E-state index contributed by atoms with van der Waals surface area (Å²) in [4.78, 5) is 2.69. The third-order valence-electron chi connectivity index (χ3n) is 15.2. The second-order valence-electron chi connectivity index (χ2n) is 16.6. The van der Waals surface area contributed by atoms with Crippen LogP contribution < -0.4 is 0 Å². The fourth-order valence-corrected chi connectivity index (χ4v) is 12.9. The van der Waals surface area contributed by atoms with Crippen LogP contribution >= 0.6 is 0 Å². The largest absolute Gasteiger partial charge is 0.393 e. The molecule has 5 saturated carbocycles. The van der Waals surface area contributed by atoms with E-state index in [9.17, 15) is 5.11 Å². The van der Waals surface area contributed by atoms with Gasteiger partial charge in [0, 0.05) is 13.1 Å². The third-order valence-corrected chi connectivity index (χ3v) is 15.2. The number of morpholine rings is 1. The van der Waals surface area contributed by atoms with Crippen LogP contribution in [0.15, 0.2) is 12.2 Å². The predicted molar refractivity (Wildman–Crippen MR) is 157 cm³/mol. The van der Waals surface area contributed by atoms with Crippen molar-refractivity contribution in [2.75, 3.05) is 32.8 Å². The van der Waals surface area contributed by atoms with Crippen LogP contribution in [-0.4, -0.2) is 49.0 Å². The molecule has 0 bridgehead atoms. The molecule has 6 aliphatic rings. The van der Waals surface area contributed by atoms with E-state index in [2.05, 4.69) is 53.0 Å². The highest BCUT2D eigenvalue weighted by atomic mass is 16.5. The fraction of sp³-hybridized carbons (Fsp3) is 0.943. The van der Waals surface area contributed by atoms with Gasteiger partial charge in [-0.2, -0.15) is 0 Å².